The Kier molecular flexibility index (Phi) is 5.23. The summed E-state index contributed by atoms with van der Waals surface area (Å²) in [7, 11) is 1.62. The second kappa shape index (κ2) is 7.14. The van der Waals surface area contributed by atoms with Crippen molar-refractivity contribution in [3.8, 4) is 5.75 Å². The number of ether oxygens (including phenoxy) is 1. The molecule has 0 atom stereocenters. The zero-order valence-corrected chi connectivity index (χ0v) is 13.2. The summed E-state index contributed by atoms with van der Waals surface area (Å²) in [6.45, 7) is 0.451. The van der Waals surface area contributed by atoms with Crippen LogP contribution in [0.25, 0.3) is 0 Å². The summed E-state index contributed by atoms with van der Waals surface area (Å²) in [5.74, 6) is 0.780. The first-order chi connectivity index (χ1) is 9.69. The first kappa shape index (κ1) is 14.6. The third kappa shape index (κ3) is 4.12. The zero-order valence-electron chi connectivity index (χ0n) is 11.0. The number of amides is 2. The van der Waals surface area contributed by atoms with Gasteiger partial charge in [-0.05, 0) is 52.4 Å². The van der Waals surface area contributed by atoms with E-state index in [1.54, 1.807) is 7.11 Å². The Morgan fingerprint density at radius 3 is 2.75 bits per heavy atom. The van der Waals surface area contributed by atoms with Gasteiger partial charge in [0.2, 0.25) is 0 Å². The van der Waals surface area contributed by atoms with Crippen LogP contribution < -0.4 is 15.4 Å². The van der Waals surface area contributed by atoms with Gasteiger partial charge in [0.25, 0.3) is 0 Å². The topological polar surface area (TPSA) is 50.4 Å². The molecule has 0 aliphatic heterocycles. The summed E-state index contributed by atoms with van der Waals surface area (Å²) < 4.78 is 6.15. The molecular formula is C15H15IN2O2. The lowest BCUT2D eigenvalue weighted by Gasteiger charge is -2.09. The molecule has 0 bridgehead atoms. The van der Waals surface area contributed by atoms with Crippen LogP contribution in [0.2, 0.25) is 0 Å². The molecule has 0 unspecified atom stereocenters. The molecule has 2 aromatic carbocycles. The number of methoxy groups -OCH3 is 1. The van der Waals surface area contributed by atoms with Gasteiger partial charge in [-0.3, -0.25) is 0 Å². The Hall–Kier alpha value is -1.76. The maximum absolute atomic E-state index is 11.8. The molecule has 0 spiro atoms. The van der Waals surface area contributed by atoms with Gasteiger partial charge in [-0.2, -0.15) is 0 Å². The molecule has 2 N–H and O–H groups in total. The maximum atomic E-state index is 11.8. The van der Waals surface area contributed by atoms with Crippen LogP contribution in [0.3, 0.4) is 0 Å². The monoisotopic (exact) mass is 382 g/mol. The zero-order chi connectivity index (χ0) is 14.4. The molecule has 104 valence electrons. The van der Waals surface area contributed by atoms with Crippen molar-refractivity contribution < 1.29 is 9.53 Å². The van der Waals surface area contributed by atoms with Crippen LogP contribution in [0, 0.1) is 3.57 Å². The Morgan fingerprint density at radius 1 is 1.20 bits per heavy atom. The number of hydrogen-bond donors (Lipinski definition) is 2. The van der Waals surface area contributed by atoms with Crippen LogP contribution in [-0.2, 0) is 6.54 Å². The molecule has 0 saturated heterocycles. The van der Waals surface area contributed by atoms with E-state index >= 15 is 0 Å². The number of carbonyl (C=O) groups is 1. The number of carbonyl (C=O) groups excluding carboxylic acids is 1. The summed E-state index contributed by atoms with van der Waals surface area (Å²) in [5.41, 5.74) is 1.79. The molecule has 2 amide bonds. The molecule has 5 heteroatoms. The van der Waals surface area contributed by atoms with Gasteiger partial charge in [0, 0.05) is 10.1 Å². The Labute approximate surface area is 131 Å². The lowest BCUT2D eigenvalue weighted by molar-refractivity contribution is 0.251. The van der Waals surface area contributed by atoms with Crippen LogP contribution in [0.4, 0.5) is 10.5 Å². The Balaban J connectivity index is 1.90. The molecule has 0 aliphatic rings. The summed E-state index contributed by atoms with van der Waals surface area (Å²) in [6, 6.07) is 15.0. The lowest BCUT2D eigenvalue weighted by atomic mass is 10.2. The van der Waals surface area contributed by atoms with Crippen LogP contribution >= 0.6 is 22.6 Å². The van der Waals surface area contributed by atoms with Crippen molar-refractivity contribution in [2.24, 2.45) is 0 Å². The minimum Gasteiger partial charge on any atom is -0.497 e. The molecule has 0 saturated carbocycles. The van der Waals surface area contributed by atoms with E-state index in [4.69, 9.17) is 4.74 Å². The van der Waals surface area contributed by atoms with E-state index < -0.39 is 0 Å². The fourth-order valence-corrected chi connectivity index (χ4v) is 2.22. The van der Waals surface area contributed by atoms with E-state index in [0.717, 1.165) is 20.6 Å². The van der Waals surface area contributed by atoms with Crippen LogP contribution in [0.5, 0.6) is 5.75 Å². The Morgan fingerprint density at radius 2 is 2.00 bits per heavy atom. The van der Waals surface area contributed by atoms with E-state index in [-0.39, 0.29) is 6.03 Å². The molecule has 4 nitrogen and oxygen atoms in total. The molecule has 0 radical (unpaired) electrons. The maximum Gasteiger partial charge on any atom is 0.319 e. The number of para-hydroxylation sites is 1. The van der Waals surface area contributed by atoms with Crippen LogP contribution in [0.1, 0.15) is 5.56 Å². The van der Waals surface area contributed by atoms with Crippen molar-refractivity contribution in [2.45, 2.75) is 6.54 Å². The second-order valence-corrected chi connectivity index (χ2v) is 5.30. The van der Waals surface area contributed by atoms with Crippen molar-refractivity contribution in [3.05, 3.63) is 57.7 Å². The van der Waals surface area contributed by atoms with Gasteiger partial charge >= 0.3 is 6.03 Å². The normalized spacial score (nSPS) is 9.90. The number of anilines is 1. The fourth-order valence-electron chi connectivity index (χ4n) is 1.69. The first-order valence-corrected chi connectivity index (χ1v) is 7.19. The third-order valence-electron chi connectivity index (χ3n) is 2.71. The standard InChI is InChI=1S/C15H15IN2O2/c1-20-12-6-4-5-11(9-12)10-17-15(19)18-14-8-3-2-7-13(14)16/h2-9H,10H2,1H3,(H2,17,18,19). The van der Waals surface area contributed by atoms with Gasteiger partial charge in [-0.1, -0.05) is 24.3 Å². The summed E-state index contributed by atoms with van der Waals surface area (Å²) in [5, 5.41) is 5.64. The molecule has 2 aromatic rings. The fraction of sp³-hybridized carbons (Fsp3) is 0.133. The summed E-state index contributed by atoms with van der Waals surface area (Å²) in [6.07, 6.45) is 0. The largest absolute Gasteiger partial charge is 0.497 e. The number of halogens is 1. The SMILES string of the molecule is COc1cccc(CNC(=O)Nc2ccccc2I)c1. The second-order valence-electron chi connectivity index (χ2n) is 4.14. The van der Waals surface area contributed by atoms with E-state index in [2.05, 4.69) is 33.2 Å². The smallest absolute Gasteiger partial charge is 0.319 e. The van der Waals surface area contributed by atoms with Gasteiger partial charge in [-0.25, -0.2) is 4.79 Å². The lowest BCUT2D eigenvalue weighted by Crippen LogP contribution is -2.28. The minimum absolute atomic E-state index is 0.225. The van der Waals surface area contributed by atoms with Crippen molar-refractivity contribution in [1.29, 1.82) is 0 Å². The van der Waals surface area contributed by atoms with E-state index in [0.29, 0.717) is 6.54 Å². The van der Waals surface area contributed by atoms with Gasteiger partial charge in [0.15, 0.2) is 0 Å². The van der Waals surface area contributed by atoms with Crippen molar-refractivity contribution in [3.63, 3.8) is 0 Å². The van der Waals surface area contributed by atoms with Gasteiger partial charge in [0.1, 0.15) is 5.75 Å². The number of nitrogens with one attached hydrogen (secondary N) is 2. The molecule has 0 aromatic heterocycles. The number of benzene rings is 2. The van der Waals surface area contributed by atoms with E-state index in [9.17, 15) is 4.79 Å². The van der Waals surface area contributed by atoms with E-state index in [1.165, 1.54) is 0 Å². The molecule has 20 heavy (non-hydrogen) atoms. The number of rotatable bonds is 4. The third-order valence-corrected chi connectivity index (χ3v) is 3.65. The molecule has 0 heterocycles. The summed E-state index contributed by atoms with van der Waals surface area (Å²) >= 11 is 2.18. The van der Waals surface area contributed by atoms with Crippen molar-refractivity contribution in [1.82, 2.24) is 5.32 Å². The molecule has 0 aliphatic carbocycles. The minimum atomic E-state index is -0.225. The van der Waals surface area contributed by atoms with Gasteiger partial charge in [-0.15, -0.1) is 0 Å². The highest BCUT2D eigenvalue weighted by molar-refractivity contribution is 14.1. The summed E-state index contributed by atoms with van der Waals surface area (Å²) in [4.78, 5) is 11.8. The van der Waals surface area contributed by atoms with Crippen LogP contribution in [-0.4, -0.2) is 13.1 Å². The highest BCUT2D eigenvalue weighted by atomic mass is 127. The van der Waals surface area contributed by atoms with Crippen molar-refractivity contribution >= 4 is 34.3 Å². The molecule has 0 fully saturated rings. The average molecular weight is 382 g/mol. The predicted octanol–water partition coefficient (Wildman–Crippen LogP) is 3.62. The van der Waals surface area contributed by atoms with Gasteiger partial charge < -0.3 is 15.4 Å². The van der Waals surface area contributed by atoms with Crippen LogP contribution in [0.15, 0.2) is 48.5 Å². The number of urea groups is 1. The average Bonchev–Trinajstić information content (AvgIpc) is 2.48. The Bertz CT molecular complexity index is 602. The number of hydrogen-bond acceptors (Lipinski definition) is 2. The highest BCUT2D eigenvalue weighted by Gasteiger charge is 2.04. The quantitative estimate of drug-likeness (QED) is 0.794. The molecule has 2 rings (SSSR count). The first-order valence-electron chi connectivity index (χ1n) is 6.11. The van der Waals surface area contributed by atoms with Crippen molar-refractivity contribution in [2.75, 3.05) is 12.4 Å². The predicted molar refractivity (Wildman–Crippen MR) is 88.0 cm³/mol. The highest BCUT2D eigenvalue weighted by Crippen LogP contribution is 2.17. The van der Waals surface area contributed by atoms with E-state index in [1.807, 2.05) is 48.5 Å². The van der Waals surface area contributed by atoms with Gasteiger partial charge in [0.05, 0.1) is 12.8 Å². The molecular weight excluding hydrogens is 367 g/mol.